The fourth-order valence-electron chi connectivity index (χ4n) is 5.40. The van der Waals surface area contributed by atoms with E-state index in [0.717, 1.165) is 55.9 Å². The summed E-state index contributed by atoms with van der Waals surface area (Å²) in [5, 5.41) is 30.0. The van der Waals surface area contributed by atoms with Gasteiger partial charge >= 0.3 is 35.6 Å². The van der Waals surface area contributed by atoms with Gasteiger partial charge in [-0.25, -0.2) is 0 Å². The number of aliphatic carboxylic acids is 1. The molecular formula is C32H31N2NaO6. The van der Waals surface area contributed by atoms with Gasteiger partial charge in [-0.15, -0.1) is 0 Å². The summed E-state index contributed by atoms with van der Waals surface area (Å²) in [6.07, 6.45) is -1.05. The zero-order valence-corrected chi connectivity index (χ0v) is 25.7. The van der Waals surface area contributed by atoms with Crippen LogP contribution >= 0.6 is 0 Å². The van der Waals surface area contributed by atoms with Crippen LogP contribution in [0.1, 0.15) is 46.0 Å². The first-order valence-corrected chi connectivity index (χ1v) is 13.2. The van der Waals surface area contributed by atoms with Crippen LogP contribution in [-0.4, -0.2) is 45.5 Å². The van der Waals surface area contributed by atoms with Crippen LogP contribution in [0.2, 0.25) is 0 Å². The van der Waals surface area contributed by atoms with Crippen LogP contribution < -0.4 is 44.1 Å². The Kier molecular flexibility index (Phi) is 9.84. The van der Waals surface area contributed by atoms with Gasteiger partial charge in [-0.05, 0) is 78.3 Å². The molecule has 0 amide bonds. The molecular weight excluding hydrogens is 531 g/mol. The van der Waals surface area contributed by atoms with Gasteiger partial charge in [0.15, 0.2) is 0 Å². The number of fused-ring (bicyclic) bond motifs is 3. The number of aryl methyl sites for hydroxylation is 2. The monoisotopic (exact) mass is 562 g/mol. The number of hydrogen-bond acceptors (Lipinski definition) is 8. The molecule has 3 aromatic carbocycles. The maximum Gasteiger partial charge on any atom is 1.00 e. The third-order valence-electron chi connectivity index (χ3n) is 7.37. The van der Waals surface area contributed by atoms with E-state index < -0.39 is 18.7 Å². The minimum Gasteiger partial charge on any atom is -0.550 e. The van der Waals surface area contributed by atoms with Crippen LogP contribution in [-0.2, 0) is 11.4 Å². The van der Waals surface area contributed by atoms with Crippen molar-refractivity contribution < 1.29 is 59.1 Å². The summed E-state index contributed by atoms with van der Waals surface area (Å²) in [5.41, 5.74) is 9.42. The molecule has 8 nitrogen and oxygen atoms in total. The van der Waals surface area contributed by atoms with Crippen LogP contribution in [0.5, 0.6) is 11.8 Å². The minimum absolute atomic E-state index is 0. The van der Waals surface area contributed by atoms with Gasteiger partial charge in [0, 0.05) is 17.5 Å². The van der Waals surface area contributed by atoms with Gasteiger partial charge < -0.3 is 29.6 Å². The Morgan fingerprint density at radius 3 is 2.32 bits per heavy atom. The molecule has 2 atom stereocenters. The molecule has 0 bridgehead atoms. The Hall–Kier alpha value is -3.27. The molecule has 1 aromatic heterocycles. The van der Waals surface area contributed by atoms with E-state index in [9.17, 15) is 15.0 Å². The number of aromatic nitrogens is 2. The van der Waals surface area contributed by atoms with Crippen molar-refractivity contribution in [1.82, 2.24) is 9.97 Å². The topological polar surface area (TPSA) is 125 Å². The normalized spacial score (nSPS) is 14.0. The van der Waals surface area contributed by atoms with E-state index in [0.29, 0.717) is 12.4 Å². The molecule has 1 aliphatic carbocycles. The number of carbonyl (C=O) groups excluding carboxylic acids is 1. The van der Waals surface area contributed by atoms with Gasteiger partial charge in [0.2, 0.25) is 0 Å². The second-order valence-corrected chi connectivity index (χ2v) is 10.0. The second kappa shape index (κ2) is 13.1. The van der Waals surface area contributed by atoms with Crippen molar-refractivity contribution in [3.63, 3.8) is 0 Å². The van der Waals surface area contributed by atoms with Crippen molar-refractivity contribution in [1.29, 1.82) is 0 Å². The molecule has 0 spiro atoms. The number of carboxylic acid groups (broad SMARTS) is 1. The first-order chi connectivity index (χ1) is 19.3. The van der Waals surface area contributed by atoms with Crippen molar-refractivity contribution in [2.24, 2.45) is 0 Å². The quantitative estimate of drug-likeness (QED) is 0.270. The Labute approximate surface area is 261 Å². The van der Waals surface area contributed by atoms with E-state index in [1.807, 2.05) is 81.4 Å². The van der Waals surface area contributed by atoms with Gasteiger partial charge in [-0.2, -0.15) is 9.97 Å². The van der Waals surface area contributed by atoms with E-state index in [4.69, 9.17) is 14.6 Å². The van der Waals surface area contributed by atoms with Crippen molar-refractivity contribution in [3.05, 3.63) is 94.3 Å². The smallest absolute Gasteiger partial charge is 0.550 e. The Morgan fingerprint density at radius 1 is 0.927 bits per heavy atom. The second-order valence-electron chi connectivity index (χ2n) is 10.0. The first-order valence-electron chi connectivity index (χ1n) is 13.2. The molecule has 0 aliphatic heterocycles. The van der Waals surface area contributed by atoms with Crippen molar-refractivity contribution in [2.45, 2.75) is 45.8 Å². The summed E-state index contributed by atoms with van der Waals surface area (Å²) in [6.45, 7) is 5.67. The number of aliphatic hydroxyl groups is 2. The molecule has 5 rings (SSSR count). The number of benzene rings is 3. The van der Waals surface area contributed by atoms with Gasteiger partial charge in [0.1, 0.15) is 25.1 Å². The first kappa shape index (κ1) is 30.7. The Balaban J connectivity index is 0.00000387. The zero-order valence-electron chi connectivity index (χ0n) is 23.7. The summed E-state index contributed by atoms with van der Waals surface area (Å²) in [4.78, 5) is 20.3. The number of ether oxygens (including phenoxy) is 2. The number of aliphatic hydroxyl groups excluding tert-OH is 2. The summed E-state index contributed by atoms with van der Waals surface area (Å²) in [7, 11) is 0. The molecule has 2 N–H and O–H groups in total. The fourth-order valence-corrected chi connectivity index (χ4v) is 5.40. The average Bonchev–Trinajstić information content (AvgIpc) is 3.24. The third-order valence-corrected chi connectivity index (χ3v) is 7.37. The SMILES string of the molecule is Cc1nc(OC[C@H](O)CO)nc(C)c1-c1cccc(COc2ccc3c(c2)-c2ccccc2C3CC(=O)[O-])c1C.[Na+]. The number of carboxylic acids is 1. The maximum atomic E-state index is 11.4. The van der Waals surface area contributed by atoms with Gasteiger partial charge in [-0.1, -0.05) is 48.5 Å². The number of rotatable bonds is 10. The molecule has 1 heterocycles. The van der Waals surface area contributed by atoms with E-state index in [1.54, 1.807) is 0 Å². The third kappa shape index (κ3) is 6.47. The van der Waals surface area contributed by atoms with E-state index in [2.05, 4.69) is 9.97 Å². The fraction of sp³-hybridized carbons (Fsp3) is 0.281. The average molecular weight is 563 g/mol. The maximum absolute atomic E-state index is 11.4. The summed E-state index contributed by atoms with van der Waals surface area (Å²) < 4.78 is 11.7. The van der Waals surface area contributed by atoms with Crippen molar-refractivity contribution in [3.8, 4) is 34.0 Å². The van der Waals surface area contributed by atoms with Crippen molar-refractivity contribution >= 4 is 5.97 Å². The molecule has 0 radical (unpaired) electrons. The van der Waals surface area contributed by atoms with Gasteiger partial charge in [0.25, 0.3) is 0 Å². The standard InChI is InChI=1S/C32H32N2O6.Na/c1-18-21(7-6-10-24(18)31-19(2)33-32(34-20(31)3)40-17-22(36)15-35)16-39-23-11-12-27-28(13-23)25-8-4-5-9-26(25)29(27)14-30(37)38;/h4-13,22,29,35-36H,14-17H2,1-3H3,(H,37,38);/q;+1/p-1/t22-,29?;/m1./s1. The molecule has 9 heteroatoms. The molecule has 0 saturated carbocycles. The Morgan fingerprint density at radius 2 is 1.61 bits per heavy atom. The molecule has 206 valence electrons. The summed E-state index contributed by atoms with van der Waals surface area (Å²) in [5.74, 6) is -0.592. The summed E-state index contributed by atoms with van der Waals surface area (Å²) in [6, 6.07) is 19.9. The predicted molar refractivity (Wildman–Crippen MR) is 148 cm³/mol. The van der Waals surface area contributed by atoms with Gasteiger partial charge in [-0.3, -0.25) is 0 Å². The van der Waals surface area contributed by atoms with Crippen molar-refractivity contribution in [2.75, 3.05) is 13.2 Å². The van der Waals surface area contributed by atoms with E-state index in [-0.39, 0.29) is 54.5 Å². The number of nitrogens with zero attached hydrogens (tertiary/aromatic N) is 2. The molecule has 0 fully saturated rings. The zero-order chi connectivity index (χ0) is 28.4. The van der Waals surface area contributed by atoms with Crippen LogP contribution in [0.3, 0.4) is 0 Å². The van der Waals surface area contributed by atoms with Crippen LogP contribution in [0.25, 0.3) is 22.3 Å². The molecule has 1 aliphatic rings. The number of hydrogen-bond donors (Lipinski definition) is 2. The number of carbonyl (C=O) groups is 1. The molecule has 41 heavy (non-hydrogen) atoms. The largest absolute Gasteiger partial charge is 1.00 e. The molecule has 4 aromatic rings. The Bertz CT molecular complexity index is 1550. The summed E-state index contributed by atoms with van der Waals surface area (Å²) >= 11 is 0. The van der Waals surface area contributed by atoms with Gasteiger partial charge in [0.05, 0.1) is 18.0 Å². The minimum atomic E-state index is -1.07. The van der Waals surface area contributed by atoms with Crippen LogP contribution in [0.15, 0.2) is 60.7 Å². The molecule has 0 saturated heterocycles. The van der Waals surface area contributed by atoms with E-state index in [1.165, 1.54) is 0 Å². The van der Waals surface area contributed by atoms with Crippen LogP contribution in [0.4, 0.5) is 0 Å². The van der Waals surface area contributed by atoms with Crippen LogP contribution in [0, 0.1) is 20.8 Å². The predicted octanol–water partition coefficient (Wildman–Crippen LogP) is 0.636. The van der Waals surface area contributed by atoms with E-state index >= 15 is 0 Å². The molecule has 1 unspecified atom stereocenters.